The summed E-state index contributed by atoms with van der Waals surface area (Å²) in [4.78, 5) is 30.5. The van der Waals surface area contributed by atoms with Crippen molar-refractivity contribution in [3.8, 4) is 0 Å². The van der Waals surface area contributed by atoms with E-state index in [0.29, 0.717) is 31.6 Å². The van der Waals surface area contributed by atoms with Crippen LogP contribution in [-0.2, 0) is 9.59 Å². The fourth-order valence-corrected chi connectivity index (χ4v) is 1.80. The molecule has 20 heavy (non-hydrogen) atoms. The van der Waals surface area contributed by atoms with Gasteiger partial charge in [0.05, 0.1) is 0 Å². The Balaban J connectivity index is 5.74. The van der Waals surface area contributed by atoms with Crippen molar-refractivity contribution < 1.29 is 14.7 Å². The fraction of sp³-hybridized carbons (Fsp3) is 0.643. The third kappa shape index (κ3) is 4.36. The molecule has 0 saturated carbocycles. The summed E-state index contributed by atoms with van der Waals surface area (Å²) in [5, 5.41) is 9.81. The van der Waals surface area contributed by atoms with E-state index >= 15 is 0 Å². The van der Waals surface area contributed by atoms with Crippen molar-refractivity contribution in [2.24, 2.45) is 4.99 Å². The topological polar surface area (TPSA) is 73.2 Å². The first-order valence-corrected chi connectivity index (χ1v) is 6.85. The van der Waals surface area contributed by atoms with Crippen molar-refractivity contribution in [2.75, 3.05) is 27.2 Å². The molecule has 0 rings (SSSR count). The highest BCUT2D eigenvalue weighted by atomic mass is 16.3. The summed E-state index contributed by atoms with van der Waals surface area (Å²) in [6.45, 7) is 6.60. The molecule has 0 spiro atoms. The SMILES string of the molecule is CCCC(=NC)N(CC)/C(C(=O)N(C)CC)=C(/O)C=O. The molecule has 0 unspecified atom stereocenters. The van der Waals surface area contributed by atoms with Crippen molar-refractivity contribution in [1.29, 1.82) is 0 Å². The molecule has 0 radical (unpaired) electrons. The van der Waals surface area contributed by atoms with Crippen LogP contribution in [0.25, 0.3) is 0 Å². The Morgan fingerprint density at radius 3 is 2.20 bits per heavy atom. The Morgan fingerprint density at radius 2 is 1.85 bits per heavy atom. The summed E-state index contributed by atoms with van der Waals surface area (Å²) in [5.41, 5.74) is -0.0131. The predicted octanol–water partition coefficient (Wildman–Crippen LogP) is 1.58. The number of aldehydes is 1. The smallest absolute Gasteiger partial charge is 0.274 e. The molecule has 0 aromatic heterocycles. The van der Waals surface area contributed by atoms with Gasteiger partial charge in [-0.15, -0.1) is 0 Å². The van der Waals surface area contributed by atoms with Crippen LogP contribution in [0.2, 0.25) is 0 Å². The summed E-state index contributed by atoms with van der Waals surface area (Å²) in [6, 6.07) is 0. The van der Waals surface area contributed by atoms with Crippen LogP contribution in [0.3, 0.4) is 0 Å². The number of allylic oxidation sites excluding steroid dienone is 1. The van der Waals surface area contributed by atoms with Gasteiger partial charge < -0.3 is 14.9 Å². The standard InChI is InChI=1S/C14H25N3O3/c1-6-9-12(15-4)17(8-3)13(11(19)10-18)14(20)16(5)7-2/h10,19H,6-9H2,1-5H3/b13-11+,15-12?. The highest BCUT2D eigenvalue weighted by Crippen LogP contribution is 2.14. The number of carbonyl (C=O) groups excluding carboxylic acids is 2. The molecule has 0 aromatic rings. The predicted molar refractivity (Wildman–Crippen MR) is 79.7 cm³/mol. The number of nitrogens with zero attached hydrogens (tertiary/aromatic N) is 3. The van der Waals surface area contributed by atoms with Crippen molar-refractivity contribution in [2.45, 2.75) is 33.6 Å². The van der Waals surface area contributed by atoms with E-state index in [-0.39, 0.29) is 5.70 Å². The molecular weight excluding hydrogens is 258 g/mol. The molecular formula is C14H25N3O3. The third-order valence-electron chi connectivity index (χ3n) is 3.01. The van der Waals surface area contributed by atoms with Gasteiger partial charge in [-0.2, -0.15) is 0 Å². The molecule has 0 aliphatic rings. The van der Waals surface area contributed by atoms with Gasteiger partial charge in [-0.1, -0.05) is 6.92 Å². The maximum Gasteiger partial charge on any atom is 0.274 e. The zero-order chi connectivity index (χ0) is 15.7. The lowest BCUT2D eigenvalue weighted by molar-refractivity contribution is -0.127. The monoisotopic (exact) mass is 283 g/mol. The number of aliphatic hydroxyl groups is 1. The van der Waals surface area contributed by atoms with Crippen molar-refractivity contribution >= 4 is 18.0 Å². The van der Waals surface area contributed by atoms with Gasteiger partial charge in [-0.25, -0.2) is 0 Å². The van der Waals surface area contributed by atoms with Crippen molar-refractivity contribution in [3.05, 3.63) is 11.5 Å². The number of aliphatic hydroxyl groups excluding tert-OH is 1. The Morgan fingerprint density at radius 1 is 1.25 bits per heavy atom. The van der Waals surface area contributed by atoms with Crippen LogP contribution < -0.4 is 0 Å². The molecule has 0 saturated heterocycles. The fourth-order valence-electron chi connectivity index (χ4n) is 1.80. The lowest BCUT2D eigenvalue weighted by Gasteiger charge is -2.29. The molecule has 0 fully saturated rings. The first-order valence-electron chi connectivity index (χ1n) is 6.85. The van der Waals surface area contributed by atoms with Crippen molar-refractivity contribution in [1.82, 2.24) is 9.80 Å². The number of amides is 1. The molecule has 0 atom stereocenters. The molecule has 0 aliphatic carbocycles. The van der Waals surface area contributed by atoms with E-state index in [1.165, 1.54) is 4.90 Å². The molecule has 0 aromatic carbocycles. The average Bonchev–Trinajstić information content (AvgIpc) is 2.48. The van der Waals surface area contributed by atoms with Crippen LogP contribution in [0.5, 0.6) is 0 Å². The number of hydrogen-bond donors (Lipinski definition) is 1. The quantitative estimate of drug-likeness (QED) is 0.253. The minimum absolute atomic E-state index is 0.0131. The van der Waals surface area contributed by atoms with E-state index in [1.54, 1.807) is 19.0 Å². The van der Waals surface area contributed by atoms with Crippen LogP contribution in [0.4, 0.5) is 0 Å². The zero-order valence-electron chi connectivity index (χ0n) is 13.0. The Bertz CT molecular complexity index is 402. The normalized spacial score (nSPS) is 12.8. The number of hydrogen-bond acceptors (Lipinski definition) is 4. The molecule has 1 amide bonds. The van der Waals surface area contributed by atoms with Gasteiger partial charge >= 0.3 is 0 Å². The maximum atomic E-state index is 12.4. The number of aliphatic imine (C=N–C) groups is 1. The van der Waals surface area contributed by atoms with E-state index in [9.17, 15) is 14.7 Å². The summed E-state index contributed by atoms with van der Waals surface area (Å²) in [6.07, 6.45) is 1.82. The number of rotatable bonds is 7. The molecule has 0 aliphatic heterocycles. The van der Waals surface area contributed by atoms with Crippen LogP contribution in [0.15, 0.2) is 16.4 Å². The van der Waals surface area contributed by atoms with E-state index in [0.717, 1.165) is 6.42 Å². The highest BCUT2D eigenvalue weighted by molar-refractivity contribution is 6.01. The second kappa shape index (κ2) is 9.12. The molecule has 6 heteroatoms. The van der Waals surface area contributed by atoms with Crippen LogP contribution in [0.1, 0.15) is 33.6 Å². The van der Waals surface area contributed by atoms with Crippen molar-refractivity contribution in [3.63, 3.8) is 0 Å². The first kappa shape index (κ1) is 18.1. The average molecular weight is 283 g/mol. The first-order chi connectivity index (χ1) is 9.48. The van der Waals surface area contributed by atoms with E-state index in [2.05, 4.69) is 4.99 Å². The van der Waals surface area contributed by atoms with Gasteiger partial charge in [0.25, 0.3) is 5.91 Å². The van der Waals surface area contributed by atoms with Gasteiger partial charge in [-0.3, -0.25) is 14.6 Å². The Kier molecular flexibility index (Phi) is 8.27. The number of carbonyl (C=O) groups is 2. The lowest BCUT2D eigenvalue weighted by atomic mass is 10.2. The van der Waals surface area contributed by atoms with Gasteiger partial charge in [0, 0.05) is 33.6 Å². The van der Waals surface area contributed by atoms with E-state index in [4.69, 9.17) is 0 Å². The van der Waals surface area contributed by atoms with E-state index < -0.39 is 11.7 Å². The molecule has 0 heterocycles. The van der Waals surface area contributed by atoms with Crippen LogP contribution in [0, 0.1) is 0 Å². The number of likely N-dealkylation sites (N-methyl/N-ethyl adjacent to an activating group) is 2. The van der Waals surface area contributed by atoms with Gasteiger partial charge in [-0.05, 0) is 20.3 Å². The lowest BCUT2D eigenvalue weighted by Crippen LogP contribution is -2.40. The highest BCUT2D eigenvalue weighted by Gasteiger charge is 2.26. The van der Waals surface area contributed by atoms with E-state index in [1.807, 2.05) is 20.8 Å². The molecule has 6 nitrogen and oxygen atoms in total. The van der Waals surface area contributed by atoms with Crippen LogP contribution in [-0.4, -0.2) is 60.1 Å². The summed E-state index contributed by atoms with van der Waals surface area (Å²) in [7, 11) is 3.26. The number of amidine groups is 1. The van der Waals surface area contributed by atoms with Crippen LogP contribution >= 0.6 is 0 Å². The zero-order valence-corrected chi connectivity index (χ0v) is 13.0. The Hall–Kier alpha value is -1.85. The second-order valence-corrected chi connectivity index (χ2v) is 4.31. The van der Waals surface area contributed by atoms with Gasteiger partial charge in [0.2, 0.25) is 0 Å². The van der Waals surface area contributed by atoms with Gasteiger partial charge in [0.1, 0.15) is 5.84 Å². The molecule has 1 N–H and O–H groups in total. The molecule has 114 valence electrons. The maximum absolute atomic E-state index is 12.4. The molecule has 0 bridgehead atoms. The minimum Gasteiger partial charge on any atom is -0.503 e. The largest absolute Gasteiger partial charge is 0.503 e. The summed E-state index contributed by atoms with van der Waals surface area (Å²) >= 11 is 0. The summed E-state index contributed by atoms with van der Waals surface area (Å²) in [5.74, 6) is -0.276. The Labute approximate surface area is 120 Å². The third-order valence-corrected chi connectivity index (χ3v) is 3.01. The minimum atomic E-state index is -0.561. The summed E-state index contributed by atoms with van der Waals surface area (Å²) < 4.78 is 0. The van der Waals surface area contributed by atoms with Gasteiger partial charge in [0.15, 0.2) is 17.7 Å². The second-order valence-electron chi connectivity index (χ2n) is 4.31.